The van der Waals surface area contributed by atoms with Crippen molar-refractivity contribution in [1.82, 2.24) is 5.43 Å². The van der Waals surface area contributed by atoms with Crippen molar-refractivity contribution in [2.24, 2.45) is 5.10 Å². The van der Waals surface area contributed by atoms with Crippen molar-refractivity contribution < 1.29 is 19.7 Å². The van der Waals surface area contributed by atoms with Gasteiger partial charge in [0.25, 0.3) is 5.91 Å². The molecule has 154 valence electrons. The molecule has 3 aromatic carbocycles. The minimum Gasteiger partial charge on any atom is -0.504 e. The maximum absolute atomic E-state index is 13.0. The summed E-state index contributed by atoms with van der Waals surface area (Å²) in [5, 5.41) is 25.3. The zero-order chi connectivity index (χ0) is 21.6. The monoisotopic (exact) mass is 468 g/mol. The molecule has 3 N–H and O–H groups in total. The van der Waals surface area contributed by atoms with Gasteiger partial charge in [0.1, 0.15) is 0 Å². The quantitative estimate of drug-likeness (QED) is 0.361. The van der Waals surface area contributed by atoms with Crippen LogP contribution in [0.4, 0.5) is 0 Å². The number of carbonyl (C=O) groups excluding carboxylic acids is 1. The first kappa shape index (κ1) is 21.5. The smallest absolute Gasteiger partial charge is 0.281 e. The van der Waals surface area contributed by atoms with E-state index in [2.05, 4.69) is 26.5 Å². The molecular weight excluding hydrogens is 448 g/mol. The van der Waals surface area contributed by atoms with E-state index in [-0.39, 0.29) is 5.75 Å². The van der Waals surface area contributed by atoms with Crippen LogP contribution in [0.3, 0.4) is 0 Å². The van der Waals surface area contributed by atoms with Gasteiger partial charge in [-0.1, -0.05) is 60.7 Å². The van der Waals surface area contributed by atoms with Crippen molar-refractivity contribution >= 4 is 28.1 Å². The van der Waals surface area contributed by atoms with Gasteiger partial charge < -0.3 is 14.9 Å². The lowest BCUT2D eigenvalue weighted by Crippen LogP contribution is -2.43. The summed E-state index contributed by atoms with van der Waals surface area (Å²) < 4.78 is 5.94. The van der Waals surface area contributed by atoms with Crippen LogP contribution < -0.4 is 10.2 Å². The normalized spacial score (nSPS) is 11.4. The highest BCUT2D eigenvalue weighted by molar-refractivity contribution is 9.10. The molecule has 0 aliphatic rings. The number of aromatic hydroxyl groups is 1. The molecule has 0 saturated carbocycles. The molecule has 0 aromatic heterocycles. The Morgan fingerprint density at radius 2 is 1.67 bits per heavy atom. The number of phenolic OH excluding ortho intramolecular Hbond substituents is 1. The summed E-state index contributed by atoms with van der Waals surface area (Å²) in [7, 11) is 0. The van der Waals surface area contributed by atoms with E-state index in [9.17, 15) is 15.0 Å². The largest absolute Gasteiger partial charge is 0.504 e. The highest BCUT2D eigenvalue weighted by Crippen LogP contribution is 2.32. The molecule has 0 fully saturated rings. The van der Waals surface area contributed by atoms with Gasteiger partial charge in [-0.2, -0.15) is 5.10 Å². The third-order valence-corrected chi connectivity index (χ3v) is 5.15. The zero-order valence-corrected chi connectivity index (χ0v) is 17.8. The molecule has 0 aliphatic heterocycles. The van der Waals surface area contributed by atoms with Gasteiger partial charge in [-0.3, -0.25) is 4.79 Å². The first-order chi connectivity index (χ1) is 14.5. The van der Waals surface area contributed by atoms with Crippen LogP contribution in [0.1, 0.15) is 23.6 Å². The van der Waals surface area contributed by atoms with Crippen LogP contribution in [0.15, 0.2) is 82.4 Å². The van der Waals surface area contributed by atoms with Gasteiger partial charge in [-0.15, -0.1) is 0 Å². The molecule has 0 radical (unpaired) electrons. The Balaban J connectivity index is 1.88. The number of hydrogen-bond acceptors (Lipinski definition) is 5. The van der Waals surface area contributed by atoms with Crippen LogP contribution >= 0.6 is 15.9 Å². The number of carbonyl (C=O) groups is 1. The molecule has 3 rings (SSSR count). The van der Waals surface area contributed by atoms with Crippen LogP contribution in [0, 0.1) is 0 Å². The van der Waals surface area contributed by atoms with E-state index in [0.717, 1.165) is 0 Å². The number of rotatable bonds is 7. The Morgan fingerprint density at radius 1 is 1.10 bits per heavy atom. The Morgan fingerprint density at radius 3 is 2.20 bits per heavy atom. The molecule has 0 aliphatic carbocycles. The summed E-state index contributed by atoms with van der Waals surface area (Å²) in [5.74, 6) is -0.401. The number of phenols is 1. The summed E-state index contributed by atoms with van der Waals surface area (Å²) in [5.41, 5.74) is 1.94. The van der Waals surface area contributed by atoms with Crippen molar-refractivity contribution in [3.8, 4) is 11.5 Å². The van der Waals surface area contributed by atoms with Crippen LogP contribution in [-0.4, -0.2) is 28.9 Å². The Kier molecular flexibility index (Phi) is 6.87. The number of hydrogen-bond donors (Lipinski definition) is 3. The minimum absolute atomic E-state index is 0.00700. The van der Waals surface area contributed by atoms with Gasteiger partial charge in [0, 0.05) is 10.0 Å². The molecule has 7 heteroatoms. The number of aliphatic hydroxyl groups is 1. The zero-order valence-electron chi connectivity index (χ0n) is 16.2. The van der Waals surface area contributed by atoms with Crippen LogP contribution in [-0.2, 0) is 10.4 Å². The van der Waals surface area contributed by atoms with E-state index in [1.54, 1.807) is 54.6 Å². The SMILES string of the molecule is CCOc1cc(/C=N\NC(=O)C(O)(c2ccccc2)c2ccccc2)c(Br)cc1O. The van der Waals surface area contributed by atoms with Gasteiger partial charge in [0.15, 0.2) is 17.1 Å². The lowest BCUT2D eigenvalue weighted by molar-refractivity contribution is -0.136. The predicted molar refractivity (Wildman–Crippen MR) is 119 cm³/mol. The molecule has 6 nitrogen and oxygen atoms in total. The number of halogens is 1. The molecule has 0 atom stereocenters. The van der Waals surface area contributed by atoms with Gasteiger partial charge in [-0.05, 0) is 46.1 Å². The van der Waals surface area contributed by atoms with Crippen molar-refractivity contribution in [2.45, 2.75) is 12.5 Å². The van der Waals surface area contributed by atoms with Gasteiger partial charge >= 0.3 is 0 Å². The van der Waals surface area contributed by atoms with Gasteiger partial charge in [0.2, 0.25) is 0 Å². The second-order valence-electron chi connectivity index (χ2n) is 6.42. The van der Waals surface area contributed by atoms with Gasteiger partial charge in [0.05, 0.1) is 12.8 Å². The number of amides is 1. The third kappa shape index (κ3) is 4.53. The third-order valence-electron chi connectivity index (χ3n) is 4.46. The minimum atomic E-state index is -1.91. The fraction of sp³-hybridized carbons (Fsp3) is 0.130. The molecular formula is C23H21BrN2O4. The molecule has 0 heterocycles. The molecule has 1 amide bonds. The van der Waals surface area contributed by atoms with Crippen LogP contribution in [0.5, 0.6) is 11.5 Å². The summed E-state index contributed by atoms with van der Waals surface area (Å²) in [6, 6.07) is 20.4. The van der Waals surface area contributed by atoms with Gasteiger partial charge in [-0.25, -0.2) is 5.43 Å². The first-order valence-corrected chi connectivity index (χ1v) is 10.1. The van der Waals surface area contributed by atoms with Crippen molar-refractivity contribution in [1.29, 1.82) is 0 Å². The number of ether oxygens (including phenoxy) is 1. The highest BCUT2D eigenvalue weighted by Gasteiger charge is 2.39. The van der Waals surface area contributed by atoms with Crippen LogP contribution in [0.2, 0.25) is 0 Å². The summed E-state index contributed by atoms with van der Waals surface area (Å²) in [6.45, 7) is 2.20. The van der Waals surface area contributed by atoms with Crippen molar-refractivity contribution in [3.63, 3.8) is 0 Å². The fourth-order valence-corrected chi connectivity index (χ4v) is 3.39. The number of nitrogens with one attached hydrogen (secondary N) is 1. The predicted octanol–water partition coefficient (Wildman–Crippen LogP) is 3.94. The number of nitrogens with zero attached hydrogens (tertiary/aromatic N) is 1. The molecule has 0 saturated heterocycles. The van der Waals surface area contributed by atoms with E-state index >= 15 is 0 Å². The Bertz CT molecular complexity index is 1000. The topological polar surface area (TPSA) is 91.2 Å². The van der Waals surface area contributed by atoms with E-state index in [4.69, 9.17) is 4.74 Å². The van der Waals surface area contributed by atoms with E-state index in [1.807, 2.05) is 19.1 Å². The summed E-state index contributed by atoms with van der Waals surface area (Å²) in [6.07, 6.45) is 1.40. The van der Waals surface area contributed by atoms with Crippen molar-refractivity contribution in [3.05, 3.63) is 94.0 Å². The molecule has 0 spiro atoms. The highest BCUT2D eigenvalue weighted by atomic mass is 79.9. The van der Waals surface area contributed by atoms with E-state index < -0.39 is 11.5 Å². The second kappa shape index (κ2) is 9.56. The van der Waals surface area contributed by atoms with E-state index in [0.29, 0.717) is 33.5 Å². The fourth-order valence-electron chi connectivity index (χ4n) is 2.96. The summed E-state index contributed by atoms with van der Waals surface area (Å²) in [4.78, 5) is 13.0. The van der Waals surface area contributed by atoms with Crippen LogP contribution in [0.25, 0.3) is 0 Å². The Labute approximate surface area is 183 Å². The lowest BCUT2D eigenvalue weighted by Gasteiger charge is -2.27. The number of benzene rings is 3. The molecule has 0 bridgehead atoms. The molecule has 30 heavy (non-hydrogen) atoms. The second-order valence-corrected chi connectivity index (χ2v) is 7.27. The first-order valence-electron chi connectivity index (χ1n) is 9.29. The number of hydrazone groups is 1. The maximum atomic E-state index is 13.0. The standard InChI is InChI=1S/C23H21BrN2O4/c1-2-30-21-13-16(19(24)14-20(21)27)15-25-26-22(28)23(29,17-9-5-3-6-10-17)18-11-7-4-8-12-18/h3-15,27,29H,2H2,1H3,(H,26,28)/b25-15-. The maximum Gasteiger partial charge on any atom is 0.281 e. The molecule has 3 aromatic rings. The van der Waals surface area contributed by atoms with Crippen molar-refractivity contribution in [2.75, 3.05) is 6.61 Å². The summed E-state index contributed by atoms with van der Waals surface area (Å²) >= 11 is 3.34. The lowest BCUT2D eigenvalue weighted by atomic mass is 9.85. The van der Waals surface area contributed by atoms with E-state index in [1.165, 1.54) is 12.3 Å². The average Bonchev–Trinajstić information content (AvgIpc) is 2.77. The Hall–Kier alpha value is -3.16. The molecule has 0 unspecified atom stereocenters. The average molecular weight is 469 g/mol.